The monoisotopic (exact) mass is 340 g/mol. The number of nitrogens with one attached hydrogen (secondary N) is 2. The third kappa shape index (κ3) is 3.27. The fraction of sp³-hybridized carbons (Fsp3) is 0.0769. The Balaban J connectivity index is 2.28. The minimum Gasteiger partial charge on any atom is -0.388 e. The maximum absolute atomic E-state index is 12.2. The van der Waals surface area contributed by atoms with Crippen LogP contribution in [0.5, 0.6) is 0 Å². The lowest BCUT2D eigenvalue weighted by Crippen LogP contribution is -2.13. The lowest BCUT2D eigenvalue weighted by Gasteiger charge is -2.10. The van der Waals surface area contributed by atoms with Gasteiger partial charge in [0.1, 0.15) is 4.90 Å². The number of rotatable bonds is 4. The zero-order valence-electron chi connectivity index (χ0n) is 10.2. The van der Waals surface area contributed by atoms with Gasteiger partial charge in [-0.25, -0.2) is 8.42 Å². The van der Waals surface area contributed by atoms with Gasteiger partial charge in [-0.05, 0) is 52.3 Å². The summed E-state index contributed by atoms with van der Waals surface area (Å²) in [5.74, 6) is 0. The van der Waals surface area contributed by atoms with Crippen molar-refractivity contribution < 1.29 is 8.42 Å². The van der Waals surface area contributed by atoms with Gasteiger partial charge in [0.2, 0.25) is 0 Å². The Kier molecular flexibility index (Phi) is 4.11. The van der Waals surface area contributed by atoms with Crippen LogP contribution in [0.25, 0.3) is 0 Å². The van der Waals surface area contributed by atoms with Crippen LogP contribution in [0.2, 0.25) is 0 Å². The first-order valence-corrected chi connectivity index (χ1v) is 7.86. The quantitative estimate of drug-likeness (QED) is 0.897. The van der Waals surface area contributed by atoms with E-state index in [1.807, 2.05) is 0 Å². The second-order valence-electron chi connectivity index (χ2n) is 3.86. The van der Waals surface area contributed by atoms with Crippen LogP contribution in [0.15, 0.2) is 57.9 Å². The molecule has 0 radical (unpaired) electrons. The highest BCUT2D eigenvalue weighted by atomic mass is 79.9. The Morgan fingerprint density at radius 3 is 2.11 bits per heavy atom. The van der Waals surface area contributed by atoms with Gasteiger partial charge in [0, 0.05) is 22.9 Å². The van der Waals surface area contributed by atoms with Crippen LogP contribution in [-0.2, 0) is 10.0 Å². The van der Waals surface area contributed by atoms with Gasteiger partial charge in [-0.15, -0.1) is 0 Å². The Hall–Kier alpha value is -1.53. The molecule has 0 aliphatic heterocycles. The largest absolute Gasteiger partial charge is 0.388 e. The van der Waals surface area contributed by atoms with E-state index in [1.165, 1.54) is 0 Å². The molecule has 0 unspecified atom stereocenters. The van der Waals surface area contributed by atoms with Crippen LogP contribution in [-0.4, -0.2) is 15.5 Å². The van der Waals surface area contributed by atoms with Crippen molar-refractivity contribution in [3.05, 3.63) is 53.0 Å². The molecule has 100 valence electrons. The van der Waals surface area contributed by atoms with E-state index in [9.17, 15) is 8.42 Å². The summed E-state index contributed by atoms with van der Waals surface area (Å²) in [4.78, 5) is 0.215. The van der Waals surface area contributed by atoms with Gasteiger partial charge in [0.25, 0.3) is 10.0 Å². The van der Waals surface area contributed by atoms with Crippen LogP contribution >= 0.6 is 15.9 Å². The molecule has 0 saturated carbocycles. The van der Waals surface area contributed by atoms with Crippen molar-refractivity contribution in [1.82, 2.24) is 0 Å². The smallest absolute Gasteiger partial charge is 0.263 e. The number of hydrogen-bond donors (Lipinski definition) is 2. The van der Waals surface area contributed by atoms with Crippen LogP contribution in [0.3, 0.4) is 0 Å². The zero-order valence-corrected chi connectivity index (χ0v) is 12.6. The van der Waals surface area contributed by atoms with E-state index < -0.39 is 10.0 Å². The summed E-state index contributed by atoms with van der Waals surface area (Å²) < 4.78 is 27.5. The molecule has 0 saturated heterocycles. The summed E-state index contributed by atoms with van der Waals surface area (Å²) >= 11 is 3.24. The van der Waals surface area contributed by atoms with Gasteiger partial charge in [-0.1, -0.05) is 12.1 Å². The van der Waals surface area contributed by atoms with Gasteiger partial charge >= 0.3 is 0 Å². The number of sulfonamides is 1. The minimum atomic E-state index is -3.58. The number of hydrogen-bond acceptors (Lipinski definition) is 3. The molecule has 2 aromatic rings. The van der Waals surface area contributed by atoms with Gasteiger partial charge in [0.05, 0.1) is 0 Å². The molecule has 2 aromatic carbocycles. The first-order chi connectivity index (χ1) is 9.03. The average molecular weight is 341 g/mol. The fourth-order valence-electron chi connectivity index (χ4n) is 1.58. The number of benzene rings is 2. The third-order valence-corrected chi connectivity index (χ3v) is 4.95. The van der Waals surface area contributed by atoms with Crippen molar-refractivity contribution in [3.8, 4) is 0 Å². The van der Waals surface area contributed by atoms with E-state index >= 15 is 0 Å². The fourth-order valence-corrected chi connectivity index (χ4v) is 3.64. The molecule has 0 fully saturated rings. The van der Waals surface area contributed by atoms with Crippen molar-refractivity contribution in [2.45, 2.75) is 4.90 Å². The van der Waals surface area contributed by atoms with Gasteiger partial charge in [-0.2, -0.15) is 0 Å². The SMILES string of the molecule is CNc1ccc(NS(=O)(=O)c2ccccc2Br)cc1. The highest BCUT2D eigenvalue weighted by molar-refractivity contribution is 9.10. The van der Waals surface area contributed by atoms with Crippen LogP contribution in [0, 0.1) is 0 Å². The van der Waals surface area contributed by atoms with Crippen LogP contribution in [0.1, 0.15) is 0 Å². The summed E-state index contributed by atoms with van der Waals surface area (Å²) in [6, 6.07) is 13.7. The average Bonchev–Trinajstić information content (AvgIpc) is 2.39. The lowest BCUT2D eigenvalue weighted by molar-refractivity contribution is 0.601. The van der Waals surface area contributed by atoms with Gasteiger partial charge < -0.3 is 5.32 Å². The molecule has 19 heavy (non-hydrogen) atoms. The minimum absolute atomic E-state index is 0.215. The van der Waals surface area contributed by atoms with Crippen molar-refractivity contribution in [2.24, 2.45) is 0 Å². The van der Waals surface area contributed by atoms with Crippen molar-refractivity contribution in [3.63, 3.8) is 0 Å². The maximum atomic E-state index is 12.2. The molecule has 6 heteroatoms. The first kappa shape index (κ1) is 13.9. The number of halogens is 1. The predicted octanol–water partition coefficient (Wildman–Crippen LogP) is 3.29. The van der Waals surface area contributed by atoms with E-state index in [4.69, 9.17) is 0 Å². The molecule has 4 nitrogen and oxygen atoms in total. The predicted molar refractivity (Wildman–Crippen MR) is 80.9 cm³/mol. The van der Waals surface area contributed by atoms with Crippen molar-refractivity contribution >= 4 is 37.3 Å². The summed E-state index contributed by atoms with van der Waals surface area (Å²) in [7, 11) is -1.78. The first-order valence-electron chi connectivity index (χ1n) is 5.58. The number of anilines is 2. The van der Waals surface area contributed by atoms with Gasteiger partial charge in [0.15, 0.2) is 0 Å². The second-order valence-corrected chi connectivity index (χ2v) is 6.37. The normalized spacial score (nSPS) is 11.1. The highest BCUT2D eigenvalue weighted by Crippen LogP contribution is 2.24. The van der Waals surface area contributed by atoms with E-state index in [0.717, 1.165) is 5.69 Å². The zero-order chi connectivity index (χ0) is 13.9. The standard InChI is InChI=1S/C13H13BrN2O2S/c1-15-10-6-8-11(9-7-10)16-19(17,18)13-5-3-2-4-12(13)14/h2-9,15-16H,1H3. The Morgan fingerprint density at radius 1 is 0.947 bits per heavy atom. The molecule has 0 atom stereocenters. The Labute approximate surface area is 121 Å². The molecular formula is C13H13BrN2O2S. The molecule has 0 heterocycles. The summed E-state index contributed by atoms with van der Waals surface area (Å²) in [6.45, 7) is 0. The van der Waals surface area contributed by atoms with Crippen molar-refractivity contribution in [1.29, 1.82) is 0 Å². The van der Waals surface area contributed by atoms with Crippen molar-refractivity contribution in [2.75, 3.05) is 17.1 Å². The van der Waals surface area contributed by atoms with E-state index in [-0.39, 0.29) is 4.90 Å². The molecule has 0 spiro atoms. The van der Waals surface area contributed by atoms with Crippen LogP contribution < -0.4 is 10.0 Å². The highest BCUT2D eigenvalue weighted by Gasteiger charge is 2.16. The molecule has 0 bridgehead atoms. The summed E-state index contributed by atoms with van der Waals surface area (Å²) in [6.07, 6.45) is 0. The molecule has 2 N–H and O–H groups in total. The molecular weight excluding hydrogens is 328 g/mol. The Bertz CT molecular complexity index is 669. The lowest BCUT2D eigenvalue weighted by atomic mass is 10.3. The molecule has 0 amide bonds. The third-order valence-electron chi connectivity index (χ3n) is 2.55. The maximum Gasteiger partial charge on any atom is 0.263 e. The van der Waals surface area contributed by atoms with Gasteiger partial charge in [-0.3, -0.25) is 4.72 Å². The Morgan fingerprint density at radius 2 is 1.53 bits per heavy atom. The van der Waals surface area contributed by atoms with E-state index in [0.29, 0.717) is 10.2 Å². The molecule has 0 aromatic heterocycles. The summed E-state index contributed by atoms with van der Waals surface area (Å²) in [5.41, 5.74) is 1.44. The second kappa shape index (κ2) is 5.63. The summed E-state index contributed by atoms with van der Waals surface area (Å²) in [5, 5.41) is 2.97. The van der Waals surface area contributed by atoms with E-state index in [2.05, 4.69) is 26.0 Å². The molecule has 2 rings (SSSR count). The topological polar surface area (TPSA) is 58.2 Å². The van der Waals surface area contributed by atoms with E-state index in [1.54, 1.807) is 55.6 Å². The molecule has 0 aliphatic rings. The van der Waals surface area contributed by atoms with Crippen LogP contribution in [0.4, 0.5) is 11.4 Å². The molecule has 0 aliphatic carbocycles.